The molecule has 0 aromatic heterocycles. The van der Waals surface area contributed by atoms with E-state index in [4.69, 9.17) is 23.2 Å². The number of carbonyl (C=O) groups excluding carboxylic acids is 1. The van der Waals surface area contributed by atoms with Crippen LogP contribution in [0.15, 0.2) is 18.2 Å². The van der Waals surface area contributed by atoms with Crippen LogP contribution in [0.1, 0.15) is 24.8 Å². The summed E-state index contributed by atoms with van der Waals surface area (Å²) in [6.45, 7) is 1.68. The van der Waals surface area contributed by atoms with Crippen molar-refractivity contribution >= 4 is 41.5 Å². The number of hydrogen-bond acceptors (Lipinski definition) is 2. The van der Waals surface area contributed by atoms with Gasteiger partial charge in [-0.2, -0.15) is 0 Å². The summed E-state index contributed by atoms with van der Waals surface area (Å²) in [5.41, 5.74) is 0.978. The van der Waals surface area contributed by atoms with Gasteiger partial charge in [0.25, 0.3) is 0 Å². The van der Waals surface area contributed by atoms with Crippen molar-refractivity contribution in [3.63, 3.8) is 0 Å². The maximum Gasteiger partial charge on any atom is 0.222 e. The number of likely N-dealkylation sites (N-methyl/N-ethyl adjacent to an activating group) is 1. The van der Waals surface area contributed by atoms with Gasteiger partial charge in [0.1, 0.15) is 0 Å². The van der Waals surface area contributed by atoms with Gasteiger partial charge in [0.2, 0.25) is 5.91 Å². The van der Waals surface area contributed by atoms with E-state index in [1.54, 1.807) is 6.07 Å². The second-order valence-electron chi connectivity index (χ2n) is 5.20. The minimum Gasteiger partial charge on any atom is -0.341 e. The van der Waals surface area contributed by atoms with Crippen molar-refractivity contribution < 1.29 is 4.79 Å². The average molecular weight is 352 g/mol. The van der Waals surface area contributed by atoms with Crippen molar-refractivity contribution in [2.75, 3.05) is 20.1 Å². The summed E-state index contributed by atoms with van der Waals surface area (Å²) in [7, 11) is 1.95. The molecule has 0 aliphatic carbocycles. The summed E-state index contributed by atoms with van der Waals surface area (Å²) in [4.78, 5) is 14.2. The minimum atomic E-state index is 0. The molecule has 21 heavy (non-hydrogen) atoms. The third-order valence-corrected chi connectivity index (χ3v) is 4.39. The molecule has 118 valence electrons. The Kier molecular flexibility index (Phi) is 7.82. The molecule has 1 aliphatic rings. The third kappa shape index (κ3) is 5.33. The van der Waals surface area contributed by atoms with E-state index in [0.717, 1.165) is 31.5 Å². The van der Waals surface area contributed by atoms with Gasteiger partial charge in [0.05, 0.1) is 0 Å². The third-order valence-electron chi connectivity index (χ3n) is 3.81. The molecule has 6 heteroatoms. The molecular weight excluding hydrogens is 331 g/mol. The fraction of sp³-hybridized carbons (Fsp3) is 0.533. The Labute approximate surface area is 142 Å². The normalized spacial score (nSPS) is 18.2. The quantitative estimate of drug-likeness (QED) is 0.899. The van der Waals surface area contributed by atoms with E-state index in [1.165, 1.54) is 0 Å². The van der Waals surface area contributed by atoms with Crippen LogP contribution in [-0.4, -0.2) is 37.0 Å². The number of halogens is 3. The predicted molar refractivity (Wildman–Crippen MR) is 90.7 cm³/mol. The molecule has 1 N–H and O–H groups in total. The maximum absolute atomic E-state index is 12.2. The summed E-state index contributed by atoms with van der Waals surface area (Å²) in [6, 6.07) is 5.85. The molecule has 1 amide bonds. The lowest BCUT2D eigenvalue weighted by atomic mass is 10.0. The lowest BCUT2D eigenvalue weighted by molar-refractivity contribution is -0.132. The summed E-state index contributed by atoms with van der Waals surface area (Å²) in [5.74, 6) is 0.205. The smallest absolute Gasteiger partial charge is 0.222 e. The van der Waals surface area contributed by atoms with E-state index in [-0.39, 0.29) is 18.3 Å². The SMILES string of the molecule is CNC1CCCN(C(=O)CCc2ccc(Cl)cc2Cl)C1.Cl. The molecule has 1 atom stereocenters. The Morgan fingerprint density at radius 1 is 1.43 bits per heavy atom. The van der Waals surface area contributed by atoms with Crippen LogP contribution in [-0.2, 0) is 11.2 Å². The number of likely N-dealkylation sites (tertiary alicyclic amines) is 1. The molecular formula is C15H21Cl3N2O. The van der Waals surface area contributed by atoms with Gasteiger partial charge in [0, 0.05) is 35.6 Å². The van der Waals surface area contributed by atoms with Gasteiger partial charge in [0.15, 0.2) is 0 Å². The average Bonchev–Trinajstić information content (AvgIpc) is 2.46. The van der Waals surface area contributed by atoms with Crippen molar-refractivity contribution in [3.8, 4) is 0 Å². The van der Waals surface area contributed by atoms with E-state index in [2.05, 4.69) is 5.32 Å². The van der Waals surface area contributed by atoms with Gasteiger partial charge >= 0.3 is 0 Å². The largest absolute Gasteiger partial charge is 0.341 e. The molecule has 0 bridgehead atoms. The molecule has 0 radical (unpaired) electrons. The van der Waals surface area contributed by atoms with Crippen LogP contribution < -0.4 is 5.32 Å². The van der Waals surface area contributed by atoms with Crippen molar-refractivity contribution in [1.82, 2.24) is 10.2 Å². The van der Waals surface area contributed by atoms with Gasteiger partial charge in [-0.15, -0.1) is 12.4 Å². The molecule has 1 aliphatic heterocycles. The monoisotopic (exact) mass is 350 g/mol. The van der Waals surface area contributed by atoms with E-state index in [1.807, 2.05) is 24.1 Å². The molecule has 0 saturated carbocycles. The number of nitrogens with one attached hydrogen (secondary N) is 1. The van der Waals surface area contributed by atoms with Crippen LogP contribution in [0, 0.1) is 0 Å². The Bertz CT molecular complexity index is 482. The zero-order chi connectivity index (χ0) is 14.5. The van der Waals surface area contributed by atoms with Gasteiger partial charge in [-0.05, 0) is 44.0 Å². The number of aryl methyl sites for hydroxylation is 1. The molecule has 1 unspecified atom stereocenters. The Balaban J connectivity index is 0.00000220. The molecule has 1 fully saturated rings. The van der Waals surface area contributed by atoms with Crippen LogP contribution in [0.3, 0.4) is 0 Å². The van der Waals surface area contributed by atoms with Crippen molar-refractivity contribution in [2.45, 2.75) is 31.7 Å². The standard InChI is InChI=1S/C15H20Cl2N2O.ClH/c1-18-13-3-2-8-19(10-13)15(20)7-5-11-4-6-12(16)9-14(11)17;/h4,6,9,13,18H,2-3,5,7-8,10H2,1H3;1H. The van der Waals surface area contributed by atoms with Crippen LogP contribution in [0.4, 0.5) is 0 Å². The number of carbonyl (C=O) groups is 1. The van der Waals surface area contributed by atoms with Gasteiger partial charge in [-0.25, -0.2) is 0 Å². The highest BCUT2D eigenvalue weighted by atomic mass is 35.5. The van der Waals surface area contributed by atoms with E-state index in [9.17, 15) is 4.79 Å². The molecule has 1 aromatic rings. The number of piperidine rings is 1. The van der Waals surface area contributed by atoms with Crippen molar-refractivity contribution in [1.29, 1.82) is 0 Å². The highest BCUT2D eigenvalue weighted by Crippen LogP contribution is 2.22. The van der Waals surface area contributed by atoms with Crippen LogP contribution >= 0.6 is 35.6 Å². The highest BCUT2D eigenvalue weighted by molar-refractivity contribution is 6.35. The Morgan fingerprint density at radius 2 is 2.19 bits per heavy atom. The van der Waals surface area contributed by atoms with E-state index in [0.29, 0.717) is 28.9 Å². The fourth-order valence-corrected chi connectivity index (χ4v) is 3.07. The number of rotatable bonds is 4. The molecule has 1 heterocycles. The molecule has 2 rings (SSSR count). The summed E-state index contributed by atoms with van der Waals surface area (Å²) in [5, 5.41) is 4.51. The second-order valence-corrected chi connectivity index (χ2v) is 6.05. The van der Waals surface area contributed by atoms with Gasteiger partial charge in [-0.3, -0.25) is 4.79 Å². The summed E-state index contributed by atoms with van der Waals surface area (Å²) < 4.78 is 0. The minimum absolute atomic E-state index is 0. The number of amides is 1. The van der Waals surface area contributed by atoms with Crippen molar-refractivity contribution in [3.05, 3.63) is 33.8 Å². The first-order chi connectivity index (χ1) is 9.60. The fourth-order valence-electron chi connectivity index (χ4n) is 2.56. The zero-order valence-electron chi connectivity index (χ0n) is 12.1. The summed E-state index contributed by atoms with van der Waals surface area (Å²) >= 11 is 12.0. The van der Waals surface area contributed by atoms with E-state index < -0.39 is 0 Å². The molecule has 0 spiro atoms. The number of nitrogens with zero attached hydrogens (tertiary/aromatic N) is 1. The van der Waals surface area contributed by atoms with Gasteiger partial charge in [-0.1, -0.05) is 29.3 Å². The zero-order valence-corrected chi connectivity index (χ0v) is 14.4. The topological polar surface area (TPSA) is 32.3 Å². The highest BCUT2D eigenvalue weighted by Gasteiger charge is 2.22. The first-order valence-electron chi connectivity index (χ1n) is 6.99. The lowest BCUT2D eigenvalue weighted by Crippen LogP contribution is -2.47. The molecule has 1 saturated heterocycles. The lowest BCUT2D eigenvalue weighted by Gasteiger charge is -2.32. The van der Waals surface area contributed by atoms with Crippen LogP contribution in [0.2, 0.25) is 10.0 Å². The van der Waals surface area contributed by atoms with Gasteiger partial charge < -0.3 is 10.2 Å². The van der Waals surface area contributed by atoms with Crippen LogP contribution in [0.25, 0.3) is 0 Å². The second kappa shape index (κ2) is 8.84. The van der Waals surface area contributed by atoms with E-state index >= 15 is 0 Å². The van der Waals surface area contributed by atoms with Crippen LogP contribution in [0.5, 0.6) is 0 Å². The first-order valence-corrected chi connectivity index (χ1v) is 7.74. The first kappa shape index (κ1) is 18.6. The Morgan fingerprint density at radius 3 is 2.86 bits per heavy atom. The van der Waals surface area contributed by atoms with Crippen molar-refractivity contribution in [2.24, 2.45) is 0 Å². The Hall–Kier alpha value is -0.480. The molecule has 3 nitrogen and oxygen atoms in total. The molecule has 1 aromatic carbocycles. The number of benzene rings is 1. The predicted octanol–water partition coefficient (Wildman–Crippen LogP) is 3.56. The summed E-state index contributed by atoms with van der Waals surface area (Å²) in [6.07, 6.45) is 3.37. The maximum atomic E-state index is 12.2. The number of hydrogen-bond donors (Lipinski definition) is 1.